The van der Waals surface area contributed by atoms with Crippen LogP contribution < -0.4 is 4.74 Å². The summed E-state index contributed by atoms with van der Waals surface area (Å²) < 4.78 is 40.2. The number of hydrogen-bond acceptors (Lipinski definition) is 3. The smallest absolute Gasteiger partial charge is 0.389 e. The van der Waals surface area contributed by atoms with Crippen molar-refractivity contribution >= 4 is 11.6 Å². The summed E-state index contributed by atoms with van der Waals surface area (Å²) in [7, 11) is 0. The average molecular weight is 241 g/mol. The molecule has 1 rings (SSSR count). The zero-order valence-electron chi connectivity index (χ0n) is 7.59. The Morgan fingerprint density at radius 1 is 1.33 bits per heavy atom. The highest BCUT2D eigenvalue weighted by molar-refractivity contribution is 6.29. The van der Waals surface area contributed by atoms with E-state index in [0.29, 0.717) is 0 Å². The van der Waals surface area contributed by atoms with Gasteiger partial charge in [-0.05, 0) is 6.42 Å². The van der Waals surface area contributed by atoms with E-state index in [2.05, 4.69) is 9.97 Å². The molecule has 0 aliphatic heterocycles. The first-order valence-corrected chi connectivity index (χ1v) is 4.52. The van der Waals surface area contributed by atoms with Crippen LogP contribution in [0.1, 0.15) is 12.8 Å². The van der Waals surface area contributed by atoms with Gasteiger partial charge in [-0.1, -0.05) is 11.6 Å². The second-order valence-electron chi connectivity index (χ2n) is 2.75. The Morgan fingerprint density at radius 2 is 2.07 bits per heavy atom. The van der Waals surface area contributed by atoms with Crippen molar-refractivity contribution in [3.05, 3.63) is 17.5 Å². The van der Waals surface area contributed by atoms with Crippen LogP contribution in [-0.2, 0) is 0 Å². The van der Waals surface area contributed by atoms with E-state index < -0.39 is 12.6 Å². The van der Waals surface area contributed by atoms with E-state index in [1.54, 1.807) is 0 Å². The Bertz CT molecular complexity index is 319. The van der Waals surface area contributed by atoms with Crippen molar-refractivity contribution in [2.45, 2.75) is 19.0 Å². The van der Waals surface area contributed by atoms with Gasteiger partial charge in [-0.2, -0.15) is 13.2 Å². The minimum atomic E-state index is -4.15. The third-order valence-corrected chi connectivity index (χ3v) is 1.67. The standard InChI is InChI=1S/C8H8ClF3N2O/c9-6-4-7(14-5-13-6)15-3-1-2-8(10,11)12/h4-5H,1-3H2. The predicted molar refractivity (Wildman–Crippen MR) is 47.8 cm³/mol. The molecular formula is C8H8ClF3N2O. The van der Waals surface area contributed by atoms with Crippen LogP contribution in [-0.4, -0.2) is 22.8 Å². The normalized spacial score (nSPS) is 11.5. The third kappa shape index (κ3) is 5.41. The van der Waals surface area contributed by atoms with E-state index in [1.807, 2.05) is 0 Å². The molecule has 0 aliphatic carbocycles. The Balaban J connectivity index is 2.26. The molecule has 15 heavy (non-hydrogen) atoms. The quantitative estimate of drug-likeness (QED) is 0.600. The summed E-state index contributed by atoms with van der Waals surface area (Å²) in [6.45, 7) is -0.0488. The summed E-state index contributed by atoms with van der Waals surface area (Å²) in [5.41, 5.74) is 0. The zero-order valence-corrected chi connectivity index (χ0v) is 8.35. The Labute approximate surface area is 89.2 Å². The van der Waals surface area contributed by atoms with Crippen molar-refractivity contribution in [3.8, 4) is 5.88 Å². The number of alkyl halides is 3. The Kier molecular flexibility index (Phi) is 4.14. The van der Waals surface area contributed by atoms with Crippen molar-refractivity contribution in [2.24, 2.45) is 0 Å². The van der Waals surface area contributed by atoms with Crippen molar-refractivity contribution in [3.63, 3.8) is 0 Å². The van der Waals surface area contributed by atoms with Crippen LogP contribution in [0.4, 0.5) is 13.2 Å². The van der Waals surface area contributed by atoms with Crippen LogP contribution in [0.15, 0.2) is 12.4 Å². The molecule has 0 radical (unpaired) electrons. The fourth-order valence-electron chi connectivity index (χ4n) is 0.846. The molecule has 7 heteroatoms. The van der Waals surface area contributed by atoms with Gasteiger partial charge in [-0.25, -0.2) is 9.97 Å². The topological polar surface area (TPSA) is 35.0 Å². The summed E-state index contributed by atoms with van der Waals surface area (Å²) in [5, 5.41) is 0.191. The van der Waals surface area contributed by atoms with Crippen LogP contribution in [0.2, 0.25) is 5.15 Å². The highest BCUT2D eigenvalue weighted by Crippen LogP contribution is 2.21. The molecule has 0 atom stereocenters. The molecule has 0 unspecified atom stereocenters. The van der Waals surface area contributed by atoms with Gasteiger partial charge in [-0.15, -0.1) is 0 Å². The van der Waals surface area contributed by atoms with Gasteiger partial charge >= 0.3 is 6.18 Å². The van der Waals surface area contributed by atoms with Gasteiger partial charge < -0.3 is 4.74 Å². The maximum Gasteiger partial charge on any atom is 0.389 e. The van der Waals surface area contributed by atoms with Gasteiger partial charge in [-0.3, -0.25) is 0 Å². The minimum Gasteiger partial charge on any atom is -0.478 e. The number of ether oxygens (including phenoxy) is 1. The van der Waals surface area contributed by atoms with Gasteiger partial charge in [0.1, 0.15) is 11.5 Å². The number of halogens is 4. The number of aromatic nitrogens is 2. The van der Waals surface area contributed by atoms with Gasteiger partial charge in [0.05, 0.1) is 6.61 Å². The molecule has 0 amide bonds. The molecule has 0 saturated carbocycles. The Morgan fingerprint density at radius 3 is 2.67 bits per heavy atom. The van der Waals surface area contributed by atoms with Crippen LogP contribution in [0, 0.1) is 0 Å². The molecule has 0 saturated heterocycles. The first-order valence-electron chi connectivity index (χ1n) is 4.14. The summed E-state index contributed by atoms with van der Waals surface area (Å²) in [4.78, 5) is 7.28. The van der Waals surface area contributed by atoms with Gasteiger partial charge in [0, 0.05) is 12.5 Å². The summed E-state index contributed by atoms with van der Waals surface area (Å²) in [6.07, 6.45) is -3.94. The maximum absolute atomic E-state index is 11.7. The summed E-state index contributed by atoms with van der Waals surface area (Å²) in [5.74, 6) is 0.178. The molecule has 0 aliphatic rings. The molecule has 0 spiro atoms. The first-order chi connectivity index (χ1) is 6.97. The van der Waals surface area contributed by atoms with E-state index in [-0.39, 0.29) is 24.1 Å². The minimum absolute atomic E-state index is 0.0488. The molecular weight excluding hydrogens is 233 g/mol. The first kappa shape index (κ1) is 12.0. The largest absolute Gasteiger partial charge is 0.478 e. The lowest BCUT2D eigenvalue weighted by Gasteiger charge is -2.07. The van der Waals surface area contributed by atoms with E-state index in [1.165, 1.54) is 12.4 Å². The fourth-order valence-corrected chi connectivity index (χ4v) is 0.983. The second kappa shape index (κ2) is 5.16. The number of nitrogens with zero attached hydrogens (tertiary/aromatic N) is 2. The highest BCUT2D eigenvalue weighted by atomic mass is 35.5. The van der Waals surface area contributed by atoms with E-state index in [9.17, 15) is 13.2 Å². The second-order valence-corrected chi connectivity index (χ2v) is 3.13. The molecule has 0 bridgehead atoms. The van der Waals surface area contributed by atoms with Gasteiger partial charge in [0.15, 0.2) is 0 Å². The Hall–Kier alpha value is -1.04. The van der Waals surface area contributed by atoms with Gasteiger partial charge in [0.2, 0.25) is 5.88 Å². The lowest BCUT2D eigenvalue weighted by molar-refractivity contribution is -0.136. The van der Waals surface area contributed by atoms with Crippen LogP contribution in [0.25, 0.3) is 0 Å². The maximum atomic E-state index is 11.7. The third-order valence-electron chi connectivity index (χ3n) is 1.46. The number of rotatable bonds is 4. The summed E-state index contributed by atoms with van der Waals surface area (Å²) in [6, 6.07) is 1.34. The van der Waals surface area contributed by atoms with Crippen molar-refractivity contribution in [1.29, 1.82) is 0 Å². The lowest BCUT2D eigenvalue weighted by atomic mass is 10.3. The average Bonchev–Trinajstić information content (AvgIpc) is 2.11. The van der Waals surface area contributed by atoms with E-state index in [4.69, 9.17) is 16.3 Å². The molecule has 0 aromatic carbocycles. The van der Waals surface area contributed by atoms with Crippen LogP contribution >= 0.6 is 11.6 Å². The van der Waals surface area contributed by atoms with Crippen LogP contribution in [0.5, 0.6) is 5.88 Å². The van der Waals surface area contributed by atoms with Gasteiger partial charge in [0.25, 0.3) is 0 Å². The lowest BCUT2D eigenvalue weighted by Crippen LogP contribution is -2.10. The van der Waals surface area contributed by atoms with E-state index >= 15 is 0 Å². The molecule has 1 aromatic rings. The zero-order chi connectivity index (χ0) is 11.3. The van der Waals surface area contributed by atoms with Crippen molar-refractivity contribution in [1.82, 2.24) is 9.97 Å². The van der Waals surface area contributed by atoms with E-state index in [0.717, 1.165) is 0 Å². The number of hydrogen-bond donors (Lipinski definition) is 0. The van der Waals surface area contributed by atoms with Crippen LogP contribution in [0.3, 0.4) is 0 Å². The van der Waals surface area contributed by atoms with Crippen molar-refractivity contribution in [2.75, 3.05) is 6.61 Å². The molecule has 1 heterocycles. The molecule has 0 fully saturated rings. The highest BCUT2D eigenvalue weighted by Gasteiger charge is 2.26. The molecule has 0 N–H and O–H groups in total. The molecule has 1 aromatic heterocycles. The molecule has 3 nitrogen and oxygen atoms in total. The molecule has 84 valence electrons. The summed E-state index contributed by atoms with van der Waals surface area (Å²) >= 11 is 5.52. The monoisotopic (exact) mass is 240 g/mol. The SMILES string of the molecule is FC(F)(F)CCCOc1cc(Cl)ncn1. The predicted octanol–water partition coefficient (Wildman–Crippen LogP) is 2.85. The van der Waals surface area contributed by atoms with Crippen molar-refractivity contribution < 1.29 is 17.9 Å². The fraction of sp³-hybridized carbons (Fsp3) is 0.500.